The van der Waals surface area contributed by atoms with Crippen LogP contribution in [0.15, 0.2) is 60.2 Å². The first kappa shape index (κ1) is 19.2. The number of ether oxygens (including phenoxy) is 4. The Morgan fingerprint density at radius 3 is 2.25 bits per heavy atom. The molecule has 3 rings (SSSR count). The van der Waals surface area contributed by atoms with Crippen LogP contribution < -0.4 is 18.9 Å². The second-order valence-electron chi connectivity index (χ2n) is 5.57. The average molecular weight is 382 g/mol. The van der Waals surface area contributed by atoms with Crippen LogP contribution in [0, 0.1) is 0 Å². The van der Waals surface area contributed by atoms with Gasteiger partial charge in [-0.25, -0.2) is 4.68 Å². The molecule has 0 spiro atoms. The highest BCUT2D eigenvalue weighted by Crippen LogP contribution is 2.29. The maximum Gasteiger partial charge on any atom is 0.161 e. The number of rotatable bonds is 10. The lowest BCUT2D eigenvalue weighted by atomic mass is 10.2. The van der Waals surface area contributed by atoms with Crippen molar-refractivity contribution >= 4 is 6.21 Å². The van der Waals surface area contributed by atoms with Gasteiger partial charge in [0.05, 0.1) is 19.9 Å². The van der Waals surface area contributed by atoms with Gasteiger partial charge in [0.1, 0.15) is 25.9 Å². The minimum absolute atomic E-state index is 0.367. The Morgan fingerprint density at radius 2 is 1.57 bits per heavy atom. The van der Waals surface area contributed by atoms with Gasteiger partial charge < -0.3 is 18.9 Å². The molecule has 146 valence electrons. The summed E-state index contributed by atoms with van der Waals surface area (Å²) in [7, 11) is 1.61. The molecular weight excluding hydrogens is 360 g/mol. The fourth-order valence-corrected chi connectivity index (χ4v) is 2.42. The number of hydrogen-bond donors (Lipinski definition) is 0. The highest BCUT2D eigenvalue weighted by molar-refractivity contribution is 5.80. The summed E-state index contributed by atoms with van der Waals surface area (Å²) in [5, 5.41) is 11.6. The molecule has 0 N–H and O–H groups in total. The Hall–Kier alpha value is -3.55. The lowest BCUT2D eigenvalue weighted by Crippen LogP contribution is -2.10. The third kappa shape index (κ3) is 5.23. The monoisotopic (exact) mass is 382 g/mol. The zero-order valence-electron chi connectivity index (χ0n) is 15.8. The number of aromatic nitrogens is 3. The second kappa shape index (κ2) is 9.96. The van der Waals surface area contributed by atoms with E-state index in [1.165, 1.54) is 17.3 Å². The summed E-state index contributed by atoms with van der Waals surface area (Å²) in [5.41, 5.74) is 0.870. The van der Waals surface area contributed by atoms with Crippen LogP contribution in [-0.2, 0) is 0 Å². The third-order valence-corrected chi connectivity index (χ3v) is 3.68. The van der Waals surface area contributed by atoms with Gasteiger partial charge in [0, 0.05) is 0 Å². The first-order valence-electron chi connectivity index (χ1n) is 8.84. The quantitative estimate of drug-likeness (QED) is 0.396. The lowest BCUT2D eigenvalue weighted by molar-refractivity contribution is 0.203. The molecule has 1 aromatic heterocycles. The predicted octanol–water partition coefficient (Wildman–Crippen LogP) is 3.03. The minimum atomic E-state index is 0.367. The van der Waals surface area contributed by atoms with Crippen molar-refractivity contribution in [3.8, 4) is 23.0 Å². The summed E-state index contributed by atoms with van der Waals surface area (Å²) >= 11 is 0. The van der Waals surface area contributed by atoms with Gasteiger partial charge in [-0.2, -0.15) is 5.10 Å². The van der Waals surface area contributed by atoms with E-state index < -0.39 is 0 Å². The van der Waals surface area contributed by atoms with E-state index in [0.29, 0.717) is 42.8 Å². The van der Waals surface area contributed by atoms with E-state index in [9.17, 15) is 0 Å². The van der Waals surface area contributed by atoms with E-state index in [0.717, 1.165) is 5.56 Å². The second-order valence-corrected chi connectivity index (χ2v) is 5.57. The predicted molar refractivity (Wildman–Crippen MR) is 105 cm³/mol. The van der Waals surface area contributed by atoms with Crippen LogP contribution in [0.1, 0.15) is 12.5 Å². The summed E-state index contributed by atoms with van der Waals surface area (Å²) in [5.74, 6) is 2.66. The van der Waals surface area contributed by atoms with Crippen LogP contribution in [-0.4, -0.2) is 48.0 Å². The van der Waals surface area contributed by atoms with Crippen LogP contribution in [0.25, 0.3) is 0 Å². The summed E-state index contributed by atoms with van der Waals surface area (Å²) in [6.07, 6.45) is 4.72. The fourth-order valence-electron chi connectivity index (χ4n) is 2.42. The van der Waals surface area contributed by atoms with E-state index in [2.05, 4.69) is 15.3 Å². The van der Waals surface area contributed by atoms with Gasteiger partial charge in [0.25, 0.3) is 0 Å². The van der Waals surface area contributed by atoms with E-state index in [1.807, 2.05) is 49.4 Å². The Morgan fingerprint density at radius 1 is 0.893 bits per heavy atom. The summed E-state index contributed by atoms with van der Waals surface area (Å²) < 4.78 is 24.0. The molecule has 0 fully saturated rings. The van der Waals surface area contributed by atoms with Crippen molar-refractivity contribution in [2.45, 2.75) is 6.92 Å². The van der Waals surface area contributed by atoms with Gasteiger partial charge in [-0.3, -0.25) is 0 Å². The Kier molecular flexibility index (Phi) is 6.84. The zero-order valence-corrected chi connectivity index (χ0v) is 15.8. The molecule has 0 saturated heterocycles. The molecule has 8 heteroatoms. The number of hydrogen-bond acceptors (Lipinski definition) is 7. The van der Waals surface area contributed by atoms with Crippen molar-refractivity contribution in [2.75, 3.05) is 26.9 Å². The van der Waals surface area contributed by atoms with Gasteiger partial charge in [-0.1, -0.05) is 12.1 Å². The number of para-hydroxylation sites is 2. The summed E-state index contributed by atoms with van der Waals surface area (Å²) in [6, 6.07) is 13.1. The molecule has 1 heterocycles. The van der Waals surface area contributed by atoms with Crippen LogP contribution in [0.5, 0.6) is 23.0 Å². The number of benzene rings is 2. The minimum Gasteiger partial charge on any atom is -0.493 e. The zero-order chi connectivity index (χ0) is 19.6. The van der Waals surface area contributed by atoms with Gasteiger partial charge in [-0.15, -0.1) is 10.2 Å². The molecule has 0 amide bonds. The largest absolute Gasteiger partial charge is 0.493 e. The number of nitrogens with zero attached hydrogens (tertiary/aromatic N) is 4. The molecular formula is C20H22N4O4. The Balaban J connectivity index is 1.59. The lowest BCUT2D eigenvalue weighted by Gasteiger charge is -2.14. The van der Waals surface area contributed by atoms with Crippen LogP contribution in [0.2, 0.25) is 0 Å². The van der Waals surface area contributed by atoms with Crippen molar-refractivity contribution in [1.29, 1.82) is 0 Å². The molecule has 3 aromatic rings. The highest BCUT2D eigenvalue weighted by atomic mass is 16.5. The van der Waals surface area contributed by atoms with E-state index >= 15 is 0 Å². The molecule has 0 aliphatic heterocycles. The van der Waals surface area contributed by atoms with Crippen molar-refractivity contribution < 1.29 is 18.9 Å². The summed E-state index contributed by atoms with van der Waals surface area (Å²) in [6.45, 7) is 3.20. The summed E-state index contributed by atoms with van der Waals surface area (Å²) in [4.78, 5) is 0. The van der Waals surface area contributed by atoms with Crippen molar-refractivity contribution in [2.24, 2.45) is 5.10 Å². The smallest absolute Gasteiger partial charge is 0.161 e. The average Bonchev–Trinajstić information content (AvgIpc) is 3.25. The van der Waals surface area contributed by atoms with E-state index in [1.54, 1.807) is 13.3 Å². The van der Waals surface area contributed by atoms with E-state index in [-0.39, 0.29) is 0 Å². The first-order valence-corrected chi connectivity index (χ1v) is 8.84. The SMILES string of the molecule is CCOc1cc(C=Nn2cnnc2)ccc1OCCOc1ccccc1OC. The van der Waals surface area contributed by atoms with Gasteiger partial charge in [0.15, 0.2) is 23.0 Å². The molecule has 2 aromatic carbocycles. The molecule has 0 unspecified atom stereocenters. The van der Waals surface area contributed by atoms with Crippen molar-refractivity contribution in [1.82, 2.24) is 14.9 Å². The van der Waals surface area contributed by atoms with Crippen LogP contribution in [0.4, 0.5) is 0 Å². The molecule has 0 radical (unpaired) electrons. The molecule has 28 heavy (non-hydrogen) atoms. The van der Waals surface area contributed by atoms with Gasteiger partial charge in [0.2, 0.25) is 0 Å². The maximum atomic E-state index is 5.83. The Labute approximate surface area is 163 Å². The Bertz CT molecular complexity index is 897. The molecule has 8 nitrogen and oxygen atoms in total. The van der Waals surface area contributed by atoms with Crippen molar-refractivity contribution in [3.63, 3.8) is 0 Å². The maximum absolute atomic E-state index is 5.83. The molecule has 0 saturated carbocycles. The van der Waals surface area contributed by atoms with Gasteiger partial charge in [-0.05, 0) is 42.8 Å². The highest BCUT2D eigenvalue weighted by Gasteiger charge is 2.07. The van der Waals surface area contributed by atoms with Crippen LogP contribution >= 0.6 is 0 Å². The normalized spacial score (nSPS) is 10.8. The molecule has 0 atom stereocenters. The molecule has 0 aliphatic carbocycles. The fraction of sp³-hybridized carbons (Fsp3) is 0.250. The standard InChI is InChI=1S/C20H22N4O4/c1-3-26-20-12-16(13-23-24-14-21-22-15-24)8-9-19(20)28-11-10-27-18-7-5-4-6-17(18)25-2/h4-9,12-15H,3,10-11H2,1-2H3. The van der Waals surface area contributed by atoms with Gasteiger partial charge >= 0.3 is 0 Å². The van der Waals surface area contributed by atoms with E-state index in [4.69, 9.17) is 18.9 Å². The topological polar surface area (TPSA) is 80.0 Å². The first-order chi connectivity index (χ1) is 13.8. The molecule has 0 aliphatic rings. The van der Waals surface area contributed by atoms with Crippen molar-refractivity contribution in [3.05, 3.63) is 60.7 Å². The molecule has 0 bridgehead atoms. The van der Waals surface area contributed by atoms with Crippen LogP contribution in [0.3, 0.4) is 0 Å². The third-order valence-electron chi connectivity index (χ3n) is 3.68. The number of methoxy groups -OCH3 is 1.